The van der Waals surface area contributed by atoms with E-state index in [4.69, 9.17) is 18.6 Å². The highest BCUT2D eigenvalue weighted by molar-refractivity contribution is 5.95. The molecule has 2 aliphatic rings. The summed E-state index contributed by atoms with van der Waals surface area (Å²) in [7, 11) is 3.46. The SMILES string of the molecule is COc1cc(C(=O)N2CCCCN2C)cnc1-c1cc2nccc(-c3ccc(OC4CCOCC4)c(C#N)c3)c2o1. The quantitative estimate of drug-likeness (QED) is 0.323. The summed E-state index contributed by atoms with van der Waals surface area (Å²) in [4.78, 5) is 22.2. The largest absolute Gasteiger partial charge is 0.494 e. The molecule has 0 atom stereocenters. The first-order valence-corrected chi connectivity index (χ1v) is 13.8. The number of hydrazine groups is 1. The number of pyridine rings is 2. The lowest BCUT2D eigenvalue weighted by molar-refractivity contribution is -0.0114. The molecule has 0 spiro atoms. The zero-order valence-electron chi connectivity index (χ0n) is 23.1. The number of benzene rings is 1. The van der Waals surface area contributed by atoms with Crippen molar-refractivity contribution in [2.45, 2.75) is 31.8 Å². The second-order valence-electron chi connectivity index (χ2n) is 10.2. The van der Waals surface area contributed by atoms with Gasteiger partial charge in [-0.05, 0) is 42.7 Å². The normalized spacial score (nSPS) is 16.5. The van der Waals surface area contributed by atoms with Crippen molar-refractivity contribution in [3.05, 3.63) is 59.9 Å². The molecule has 41 heavy (non-hydrogen) atoms. The van der Waals surface area contributed by atoms with Gasteiger partial charge in [0.1, 0.15) is 34.9 Å². The highest BCUT2D eigenvalue weighted by Gasteiger charge is 2.25. The van der Waals surface area contributed by atoms with E-state index in [0.29, 0.717) is 64.9 Å². The lowest BCUT2D eigenvalue weighted by Crippen LogP contribution is -2.48. The Morgan fingerprint density at radius 1 is 1.07 bits per heavy atom. The Morgan fingerprint density at radius 2 is 1.90 bits per heavy atom. The molecule has 1 amide bonds. The van der Waals surface area contributed by atoms with Gasteiger partial charge in [0.15, 0.2) is 11.3 Å². The Hall–Kier alpha value is -4.46. The first-order chi connectivity index (χ1) is 20.1. The summed E-state index contributed by atoms with van der Waals surface area (Å²) < 4.78 is 23.5. The van der Waals surface area contributed by atoms with Gasteiger partial charge in [-0.3, -0.25) is 14.8 Å². The van der Waals surface area contributed by atoms with Crippen molar-refractivity contribution in [3.63, 3.8) is 0 Å². The zero-order valence-corrected chi connectivity index (χ0v) is 23.1. The number of furan rings is 1. The van der Waals surface area contributed by atoms with Crippen LogP contribution in [0.4, 0.5) is 0 Å². The minimum Gasteiger partial charge on any atom is -0.494 e. The maximum atomic E-state index is 13.2. The van der Waals surface area contributed by atoms with E-state index in [2.05, 4.69) is 16.0 Å². The summed E-state index contributed by atoms with van der Waals surface area (Å²) in [5.74, 6) is 1.34. The summed E-state index contributed by atoms with van der Waals surface area (Å²) in [6.07, 6.45) is 6.93. The van der Waals surface area contributed by atoms with Crippen molar-refractivity contribution in [3.8, 4) is 40.1 Å². The van der Waals surface area contributed by atoms with E-state index >= 15 is 0 Å². The van der Waals surface area contributed by atoms with Crippen molar-refractivity contribution >= 4 is 17.0 Å². The highest BCUT2D eigenvalue weighted by atomic mass is 16.5. The second kappa shape index (κ2) is 11.6. The van der Waals surface area contributed by atoms with Crippen LogP contribution in [-0.2, 0) is 4.74 Å². The molecule has 2 fully saturated rings. The van der Waals surface area contributed by atoms with Crippen LogP contribution in [0.15, 0.2) is 53.2 Å². The topological polar surface area (TPSA) is 114 Å². The molecule has 2 saturated heterocycles. The Kier molecular flexibility index (Phi) is 7.55. The van der Waals surface area contributed by atoms with Crippen LogP contribution in [-0.4, -0.2) is 72.5 Å². The van der Waals surface area contributed by atoms with Crippen LogP contribution in [0.1, 0.15) is 41.6 Å². The average Bonchev–Trinajstić information content (AvgIpc) is 3.46. The van der Waals surface area contributed by atoms with E-state index in [1.165, 1.54) is 0 Å². The number of aromatic nitrogens is 2. The van der Waals surface area contributed by atoms with Crippen LogP contribution in [0.2, 0.25) is 0 Å². The van der Waals surface area contributed by atoms with Crippen LogP contribution < -0.4 is 9.47 Å². The summed E-state index contributed by atoms with van der Waals surface area (Å²) in [6.45, 7) is 2.84. The summed E-state index contributed by atoms with van der Waals surface area (Å²) in [6, 6.07) is 13.2. The number of carbonyl (C=O) groups is 1. The highest BCUT2D eigenvalue weighted by Crippen LogP contribution is 2.37. The van der Waals surface area contributed by atoms with Gasteiger partial charge in [0, 0.05) is 57.0 Å². The van der Waals surface area contributed by atoms with Gasteiger partial charge in [0.2, 0.25) is 0 Å². The van der Waals surface area contributed by atoms with Crippen molar-refractivity contribution < 1.29 is 23.4 Å². The second-order valence-corrected chi connectivity index (χ2v) is 10.2. The fourth-order valence-electron chi connectivity index (χ4n) is 5.34. The predicted octanol–water partition coefficient (Wildman–Crippen LogP) is 5.08. The maximum Gasteiger partial charge on any atom is 0.269 e. The zero-order chi connectivity index (χ0) is 28.3. The van der Waals surface area contributed by atoms with Gasteiger partial charge in [-0.25, -0.2) is 9.99 Å². The van der Waals surface area contributed by atoms with Crippen LogP contribution in [0.25, 0.3) is 33.7 Å². The molecule has 2 aliphatic heterocycles. The number of nitrogens with zero attached hydrogens (tertiary/aromatic N) is 5. The Labute approximate surface area is 238 Å². The molecule has 1 aromatic carbocycles. The molecule has 0 saturated carbocycles. The van der Waals surface area contributed by atoms with E-state index in [9.17, 15) is 10.1 Å². The molecule has 0 aliphatic carbocycles. The van der Waals surface area contributed by atoms with Crippen LogP contribution in [0.5, 0.6) is 11.5 Å². The minimum atomic E-state index is -0.115. The molecule has 0 unspecified atom stereocenters. The number of hydrogen-bond donors (Lipinski definition) is 0. The Morgan fingerprint density at radius 3 is 2.68 bits per heavy atom. The molecule has 4 aromatic rings. The summed E-state index contributed by atoms with van der Waals surface area (Å²) in [5, 5.41) is 13.5. The van der Waals surface area contributed by atoms with Crippen LogP contribution in [0.3, 0.4) is 0 Å². The van der Waals surface area contributed by atoms with E-state index in [1.807, 2.05) is 36.3 Å². The van der Waals surface area contributed by atoms with Crippen LogP contribution >= 0.6 is 0 Å². The molecule has 210 valence electrons. The molecule has 3 aromatic heterocycles. The third-order valence-electron chi connectivity index (χ3n) is 7.59. The molecule has 5 heterocycles. The number of fused-ring (bicyclic) bond motifs is 1. The molecule has 0 bridgehead atoms. The third-order valence-corrected chi connectivity index (χ3v) is 7.59. The molecule has 6 rings (SSSR count). The number of rotatable bonds is 6. The number of methoxy groups -OCH3 is 1. The lowest BCUT2D eigenvalue weighted by atomic mass is 10.0. The first-order valence-electron chi connectivity index (χ1n) is 13.8. The maximum absolute atomic E-state index is 13.2. The van der Waals surface area contributed by atoms with Gasteiger partial charge < -0.3 is 18.6 Å². The predicted molar refractivity (Wildman–Crippen MR) is 151 cm³/mol. The van der Waals surface area contributed by atoms with Crippen LogP contribution in [0, 0.1) is 11.3 Å². The van der Waals surface area contributed by atoms with Gasteiger partial charge in [-0.15, -0.1) is 0 Å². The average molecular weight is 554 g/mol. The van der Waals surface area contributed by atoms with Gasteiger partial charge in [0.05, 0.1) is 31.5 Å². The molecule has 0 radical (unpaired) electrons. The molecular weight excluding hydrogens is 522 g/mol. The lowest BCUT2D eigenvalue weighted by Gasteiger charge is -2.35. The van der Waals surface area contributed by atoms with E-state index in [-0.39, 0.29) is 12.0 Å². The fourth-order valence-corrected chi connectivity index (χ4v) is 5.34. The molecule has 10 nitrogen and oxygen atoms in total. The standard InChI is InChI=1S/C31H31N5O5/c1-35-11-3-4-12-36(35)31(37)22-16-27(38-2)29(34-19-22)28-17-25-30(41-28)24(7-10-33-25)20-5-6-26(21(15-20)18-32)40-23-8-13-39-14-9-23/h5-7,10,15-17,19,23H,3-4,8-9,11-14H2,1-2H3. The van der Waals surface area contributed by atoms with E-state index in [0.717, 1.165) is 43.4 Å². The number of amides is 1. The van der Waals surface area contributed by atoms with Crippen molar-refractivity contribution in [2.75, 3.05) is 40.5 Å². The fraction of sp³-hybridized carbons (Fsp3) is 0.355. The number of carbonyl (C=O) groups excluding carboxylic acids is 1. The van der Waals surface area contributed by atoms with Gasteiger partial charge in [-0.1, -0.05) is 6.07 Å². The minimum absolute atomic E-state index is 0.0342. The van der Waals surface area contributed by atoms with Gasteiger partial charge >= 0.3 is 0 Å². The Bertz CT molecular complexity index is 1620. The smallest absolute Gasteiger partial charge is 0.269 e. The van der Waals surface area contributed by atoms with Crippen molar-refractivity contribution in [2.24, 2.45) is 0 Å². The van der Waals surface area contributed by atoms with Crippen molar-refractivity contribution in [1.82, 2.24) is 20.0 Å². The number of ether oxygens (including phenoxy) is 3. The monoisotopic (exact) mass is 553 g/mol. The van der Waals surface area contributed by atoms with E-state index < -0.39 is 0 Å². The van der Waals surface area contributed by atoms with Gasteiger partial charge in [0.25, 0.3) is 5.91 Å². The molecule has 0 N–H and O–H groups in total. The summed E-state index contributed by atoms with van der Waals surface area (Å²) in [5.41, 5.74) is 4.16. The number of nitriles is 1. The summed E-state index contributed by atoms with van der Waals surface area (Å²) >= 11 is 0. The van der Waals surface area contributed by atoms with E-state index in [1.54, 1.807) is 36.6 Å². The molecular formula is C31H31N5O5. The van der Waals surface area contributed by atoms with Gasteiger partial charge in [-0.2, -0.15) is 5.26 Å². The first kappa shape index (κ1) is 26.7. The Balaban J connectivity index is 1.31. The third kappa shape index (κ3) is 5.34. The molecule has 10 heteroatoms. The van der Waals surface area contributed by atoms with Crippen molar-refractivity contribution in [1.29, 1.82) is 5.26 Å². The number of hydrogen-bond acceptors (Lipinski definition) is 9.